The van der Waals surface area contributed by atoms with Crippen LogP contribution in [0.4, 0.5) is 0 Å². The minimum atomic E-state index is -1.37. The van der Waals surface area contributed by atoms with E-state index in [0.29, 0.717) is 20.6 Å². The van der Waals surface area contributed by atoms with Gasteiger partial charge < -0.3 is 29.8 Å². The van der Waals surface area contributed by atoms with Gasteiger partial charge in [0.05, 0.1) is 22.0 Å². The van der Waals surface area contributed by atoms with Gasteiger partial charge in [0.15, 0.2) is 0 Å². The number of aromatic amines is 1. The Morgan fingerprint density at radius 1 is 1.23 bits per heavy atom. The average Bonchev–Trinajstić information content (AvgIpc) is 2.90. The van der Waals surface area contributed by atoms with Crippen LogP contribution < -0.4 is 4.74 Å². The first-order chi connectivity index (χ1) is 10.4. The molecule has 0 bridgehead atoms. The van der Waals surface area contributed by atoms with Crippen molar-refractivity contribution in [1.82, 2.24) is 4.98 Å². The molecule has 1 fully saturated rings. The molecule has 4 N–H and O–H groups in total. The Morgan fingerprint density at radius 3 is 2.68 bits per heavy atom. The van der Waals surface area contributed by atoms with E-state index in [9.17, 15) is 15.3 Å². The lowest BCUT2D eigenvalue weighted by molar-refractivity contribution is -0.267. The lowest BCUT2D eigenvalue weighted by atomic mass is 10.00. The topological polar surface area (TPSA) is 94.9 Å². The lowest BCUT2D eigenvalue weighted by Crippen LogP contribution is -2.58. The maximum Gasteiger partial charge on any atom is 0.229 e. The Bertz CT molecular complexity index is 693. The van der Waals surface area contributed by atoms with Crippen molar-refractivity contribution in [3.8, 4) is 5.75 Å². The van der Waals surface area contributed by atoms with E-state index in [1.807, 2.05) is 6.07 Å². The van der Waals surface area contributed by atoms with Gasteiger partial charge in [-0.2, -0.15) is 0 Å². The minimum Gasteiger partial charge on any atom is -0.460 e. The van der Waals surface area contributed by atoms with E-state index in [-0.39, 0.29) is 0 Å². The summed E-state index contributed by atoms with van der Waals surface area (Å²) in [7, 11) is 0. The molecule has 120 valence electrons. The Labute approximate surface area is 139 Å². The number of aliphatic hydroxyl groups excluding tert-OH is 3. The molecule has 0 unspecified atom stereocenters. The highest BCUT2D eigenvalue weighted by atomic mass is 79.9. The Hall–Kier alpha value is -0.830. The first kappa shape index (κ1) is 16.0. The summed E-state index contributed by atoms with van der Waals surface area (Å²) in [6, 6.07) is 3.64. The molecule has 8 heteroatoms. The van der Waals surface area contributed by atoms with Crippen LogP contribution in [0.2, 0.25) is 5.02 Å². The van der Waals surface area contributed by atoms with E-state index in [0.717, 1.165) is 5.52 Å². The zero-order valence-electron chi connectivity index (χ0n) is 11.5. The van der Waals surface area contributed by atoms with Crippen molar-refractivity contribution in [2.45, 2.75) is 37.6 Å². The van der Waals surface area contributed by atoms with Crippen molar-refractivity contribution < 1.29 is 24.8 Å². The molecule has 1 saturated heterocycles. The number of benzene rings is 1. The summed E-state index contributed by atoms with van der Waals surface area (Å²) in [4.78, 5) is 3.01. The van der Waals surface area contributed by atoms with Crippen molar-refractivity contribution in [1.29, 1.82) is 0 Å². The fourth-order valence-electron chi connectivity index (χ4n) is 2.46. The third-order valence-corrected chi connectivity index (χ3v) is 5.03. The Kier molecular flexibility index (Phi) is 4.37. The van der Waals surface area contributed by atoms with Crippen LogP contribution in [0.15, 0.2) is 22.8 Å². The van der Waals surface area contributed by atoms with Crippen LogP contribution in [-0.2, 0) is 4.74 Å². The molecular formula is C14H15BrClNO5. The number of nitrogens with one attached hydrogen (secondary N) is 1. The quantitative estimate of drug-likeness (QED) is 0.625. The summed E-state index contributed by atoms with van der Waals surface area (Å²) in [6.07, 6.45) is -4.07. The fraction of sp³-hybridized carbons (Fsp3) is 0.429. The molecule has 2 heterocycles. The molecule has 1 aromatic carbocycles. The number of hydrogen-bond acceptors (Lipinski definition) is 5. The predicted molar refractivity (Wildman–Crippen MR) is 84.0 cm³/mol. The maximum absolute atomic E-state index is 10.0. The molecule has 6 nitrogen and oxygen atoms in total. The number of aliphatic hydroxyl groups is 3. The van der Waals surface area contributed by atoms with E-state index in [1.54, 1.807) is 19.2 Å². The van der Waals surface area contributed by atoms with Crippen LogP contribution >= 0.6 is 27.5 Å². The molecule has 2 aromatic rings. The van der Waals surface area contributed by atoms with Gasteiger partial charge in [-0.15, -0.1) is 0 Å². The van der Waals surface area contributed by atoms with Gasteiger partial charge in [0.2, 0.25) is 6.29 Å². The molecule has 5 atom stereocenters. The smallest absolute Gasteiger partial charge is 0.229 e. The van der Waals surface area contributed by atoms with Crippen molar-refractivity contribution in [3.63, 3.8) is 0 Å². The van der Waals surface area contributed by atoms with Gasteiger partial charge in [-0.25, -0.2) is 0 Å². The molecule has 0 aliphatic carbocycles. The summed E-state index contributed by atoms with van der Waals surface area (Å²) in [5, 5.41) is 30.6. The lowest BCUT2D eigenvalue weighted by Gasteiger charge is -2.38. The second-order valence-electron chi connectivity index (χ2n) is 5.24. The predicted octanol–water partition coefficient (Wildman–Crippen LogP) is 1.79. The molecular weight excluding hydrogens is 378 g/mol. The van der Waals surface area contributed by atoms with Crippen molar-refractivity contribution in [2.24, 2.45) is 0 Å². The summed E-state index contributed by atoms with van der Waals surface area (Å²) < 4.78 is 11.8. The molecule has 0 amide bonds. The first-order valence-electron chi connectivity index (χ1n) is 6.71. The number of hydrogen-bond donors (Lipinski definition) is 4. The number of aromatic nitrogens is 1. The average molecular weight is 393 g/mol. The second kappa shape index (κ2) is 5.99. The zero-order chi connectivity index (χ0) is 16.0. The molecule has 3 rings (SSSR count). The molecule has 1 aliphatic heterocycles. The Balaban J connectivity index is 1.92. The van der Waals surface area contributed by atoms with Gasteiger partial charge in [0.25, 0.3) is 0 Å². The third-order valence-electron chi connectivity index (χ3n) is 3.75. The molecule has 1 aromatic heterocycles. The van der Waals surface area contributed by atoms with E-state index in [2.05, 4.69) is 20.9 Å². The fourth-order valence-corrected chi connectivity index (χ4v) is 3.04. The zero-order valence-corrected chi connectivity index (χ0v) is 13.9. The van der Waals surface area contributed by atoms with Crippen molar-refractivity contribution in [3.05, 3.63) is 27.8 Å². The summed E-state index contributed by atoms with van der Waals surface area (Å²) in [5.41, 5.74) is 0.766. The van der Waals surface area contributed by atoms with Gasteiger partial charge in [0.1, 0.15) is 24.1 Å². The van der Waals surface area contributed by atoms with E-state index in [4.69, 9.17) is 21.1 Å². The first-order valence-corrected chi connectivity index (χ1v) is 7.88. The number of halogens is 2. The van der Waals surface area contributed by atoms with Crippen molar-refractivity contribution >= 4 is 38.4 Å². The SMILES string of the molecule is C[C@H]1O[C@@H](Oc2c[nH]c3ccc(Br)c(Cl)c23)[C@H](O)[C@@H](O)[C@H]1O. The highest BCUT2D eigenvalue weighted by Crippen LogP contribution is 2.38. The van der Waals surface area contributed by atoms with Gasteiger partial charge in [-0.05, 0) is 35.0 Å². The highest BCUT2D eigenvalue weighted by Gasteiger charge is 2.43. The third kappa shape index (κ3) is 2.62. The highest BCUT2D eigenvalue weighted by molar-refractivity contribution is 9.10. The van der Waals surface area contributed by atoms with Crippen LogP contribution in [0, 0.1) is 0 Å². The second-order valence-corrected chi connectivity index (χ2v) is 6.47. The summed E-state index contributed by atoms with van der Waals surface area (Å²) in [5.74, 6) is 0.390. The molecule has 0 spiro atoms. The Morgan fingerprint density at radius 2 is 1.95 bits per heavy atom. The number of ether oxygens (including phenoxy) is 2. The molecule has 22 heavy (non-hydrogen) atoms. The summed E-state index contributed by atoms with van der Waals surface area (Å²) >= 11 is 9.61. The number of fused-ring (bicyclic) bond motifs is 1. The van der Waals surface area contributed by atoms with Crippen LogP contribution in [-0.4, -0.2) is 51.0 Å². The minimum absolute atomic E-state index is 0.390. The van der Waals surface area contributed by atoms with Gasteiger partial charge in [-0.1, -0.05) is 11.6 Å². The van der Waals surface area contributed by atoms with Gasteiger partial charge in [0, 0.05) is 10.7 Å². The maximum atomic E-state index is 10.0. The monoisotopic (exact) mass is 391 g/mol. The molecule has 0 saturated carbocycles. The number of rotatable bonds is 2. The van der Waals surface area contributed by atoms with Gasteiger partial charge >= 0.3 is 0 Å². The van der Waals surface area contributed by atoms with Crippen molar-refractivity contribution in [2.75, 3.05) is 0 Å². The standard InChI is InChI=1S/C14H15BrClNO5/c1-5-11(18)12(19)13(20)14(21-5)22-8-4-17-7-3-2-6(15)10(16)9(7)8/h2-5,11-14,17-20H,1H3/t5-,11+,12+,13-,14+/m1/s1. The summed E-state index contributed by atoms with van der Waals surface area (Å²) in [6.45, 7) is 1.59. The molecule has 0 radical (unpaired) electrons. The van der Waals surface area contributed by atoms with Crippen LogP contribution in [0.3, 0.4) is 0 Å². The molecule has 1 aliphatic rings. The van der Waals surface area contributed by atoms with E-state index in [1.165, 1.54) is 0 Å². The number of H-pyrrole nitrogens is 1. The van der Waals surface area contributed by atoms with Crippen LogP contribution in [0.25, 0.3) is 10.9 Å². The van der Waals surface area contributed by atoms with E-state index < -0.39 is 30.7 Å². The largest absolute Gasteiger partial charge is 0.460 e. The van der Waals surface area contributed by atoms with E-state index >= 15 is 0 Å². The van der Waals surface area contributed by atoms with Crippen LogP contribution in [0.1, 0.15) is 6.92 Å². The van der Waals surface area contributed by atoms with Gasteiger partial charge in [-0.3, -0.25) is 0 Å². The normalized spacial score (nSPS) is 32.4. The van der Waals surface area contributed by atoms with Crippen LogP contribution in [0.5, 0.6) is 5.75 Å².